The third-order valence-corrected chi connectivity index (χ3v) is 7.62. The van der Waals surface area contributed by atoms with E-state index < -0.39 is 35.2 Å². The number of benzene rings is 2. The van der Waals surface area contributed by atoms with E-state index in [0.717, 1.165) is 12.1 Å². The van der Waals surface area contributed by atoms with Crippen LogP contribution in [0.3, 0.4) is 0 Å². The van der Waals surface area contributed by atoms with Crippen LogP contribution in [0.2, 0.25) is 0 Å². The summed E-state index contributed by atoms with van der Waals surface area (Å²) in [5, 5.41) is 5.04. The van der Waals surface area contributed by atoms with Gasteiger partial charge >= 0.3 is 12.1 Å². The van der Waals surface area contributed by atoms with Crippen molar-refractivity contribution in [1.82, 2.24) is 5.32 Å². The lowest BCUT2D eigenvalue weighted by molar-refractivity contribution is -0.149. The van der Waals surface area contributed by atoms with Crippen molar-refractivity contribution in [3.8, 4) is 11.5 Å². The first-order valence-corrected chi connectivity index (χ1v) is 14.3. The lowest BCUT2D eigenvalue weighted by atomic mass is 9.87. The summed E-state index contributed by atoms with van der Waals surface area (Å²) in [4.78, 5) is 38.5. The molecule has 13 heteroatoms. The predicted octanol–water partition coefficient (Wildman–Crippen LogP) is 6.69. The average Bonchev–Trinajstić information content (AvgIpc) is 2.99. The molecule has 0 unspecified atom stereocenters. The van der Waals surface area contributed by atoms with Crippen LogP contribution in [-0.2, 0) is 20.5 Å². The Morgan fingerprint density at radius 2 is 1.59 bits per heavy atom. The summed E-state index contributed by atoms with van der Waals surface area (Å²) in [5.41, 5.74) is -1.43. The van der Waals surface area contributed by atoms with Crippen LogP contribution in [0.5, 0.6) is 11.5 Å². The molecule has 0 spiro atoms. The van der Waals surface area contributed by atoms with Gasteiger partial charge in [-0.25, -0.2) is 8.78 Å². The molecule has 2 amide bonds. The normalized spacial score (nSPS) is 18.8. The molecule has 0 radical (unpaired) electrons. The molecule has 0 atom stereocenters. The fourth-order valence-corrected chi connectivity index (χ4v) is 5.35. The minimum absolute atomic E-state index is 0.0599. The average molecular weight is 625 g/mol. The van der Waals surface area contributed by atoms with Gasteiger partial charge < -0.3 is 24.8 Å². The summed E-state index contributed by atoms with van der Waals surface area (Å²) in [7, 11) is 1.26. The van der Waals surface area contributed by atoms with Gasteiger partial charge in [-0.2, -0.15) is 13.2 Å². The molecule has 1 fully saturated rings. The third-order valence-electron chi connectivity index (χ3n) is 7.62. The summed E-state index contributed by atoms with van der Waals surface area (Å²) in [6.45, 7) is 2.02. The van der Waals surface area contributed by atoms with Crippen molar-refractivity contribution in [2.24, 2.45) is 5.92 Å². The van der Waals surface area contributed by atoms with Crippen molar-refractivity contribution in [1.29, 1.82) is 0 Å². The summed E-state index contributed by atoms with van der Waals surface area (Å²) in [6.07, 6.45) is -1.58. The summed E-state index contributed by atoms with van der Waals surface area (Å²) < 4.78 is 84.2. The first-order chi connectivity index (χ1) is 20.9. The van der Waals surface area contributed by atoms with E-state index >= 15 is 0 Å². The zero-order valence-electron chi connectivity index (χ0n) is 24.2. The zero-order valence-corrected chi connectivity index (χ0v) is 24.2. The van der Waals surface area contributed by atoms with E-state index in [1.54, 1.807) is 6.92 Å². The Morgan fingerprint density at radius 3 is 2.25 bits per heavy atom. The second-order valence-corrected chi connectivity index (χ2v) is 10.6. The van der Waals surface area contributed by atoms with Gasteiger partial charge in [0.2, 0.25) is 0 Å². The molecule has 4 rings (SSSR count). The topological polar surface area (TPSA) is 103 Å². The van der Waals surface area contributed by atoms with Crippen LogP contribution in [0.25, 0.3) is 0 Å². The van der Waals surface area contributed by atoms with Gasteiger partial charge in [0.05, 0.1) is 36.9 Å². The van der Waals surface area contributed by atoms with E-state index in [9.17, 15) is 36.3 Å². The Hall–Kier alpha value is -4.16. The van der Waals surface area contributed by atoms with Crippen molar-refractivity contribution in [3.05, 3.63) is 64.4 Å². The number of halogens is 5. The van der Waals surface area contributed by atoms with Crippen LogP contribution in [-0.4, -0.2) is 37.6 Å². The number of methoxy groups -OCH3 is 1. The Labute approximate surface area is 250 Å². The van der Waals surface area contributed by atoms with Gasteiger partial charge in [-0.15, -0.1) is 0 Å². The molecule has 0 aliphatic heterocycles. The number of esters is 1. The van der Waals surface area contributed by atoms with E-state index in [1.165, 1.54) is 13.2 Å². The maximum Gasteiger partial charge on any atom is 0.419 e. The number of hydrogen-bond donors (Lipinski definition) is 2. The largest absolute Gasteiger partial charge is 0.496 e. The molecule has 2 N–H and O–H groups in total. The third kappa shape index (κ3) is 7.86. The monoisotopic (exact) mass is 624 g/mol. The first-order valence-electron chi connectivity index (χ1n) is 14.3. The summed E-state index contributed by atoms with van der Waals surface area (Å²) >= 11 is 0. The Morgan fingerprint density at radius 1 is 0.886 bits per heavy atom. The molecule has 2 aliphatic rings. The number of allylic oxidation sites excluding steroid dienone is 1. The highest BCUT2D eigenvalue weighted by Crippen LogP contribution is 2.35. The van der Waals surface area contributed by atoms with E-state index in [4.69, 9.17) is 14.2 Å². The maximum absolute atomic E-state index is 14.9. The molecule has 2 aromatic carbocycles. The van der Waals surface area contributed by atoms with Gasteiger partial charge in [0.1, 0.15) is 11.6 Å². The van der Waals surface area contributed by atoms with Crippen LogP contribution < -0.4 is 20.1 Å². The molecular weight excluding hydrogens is 591 g/mol. The summed E-state index contributed by atoms with van der Waals surface area (Å²) in [6, 6.07) is 4.36. The van der Waals surface area contributed by atoms with E-state index in [0.29, 0.717) is 57.1 Å². The van der Waals surface area contributed by atoms with Crippen molar-refractivity contribution in [3.63, 3.8) is 0 Å². The van der Waals surface area contributed by atoms with Crippen LogP contribution in [0.1, 0.15) is 74.2 Å². The van der Waals surface area contributed by atoms with Crippen molar-refractivity contribution in [2.75, 3.05) is 19.0 Å². The number of carbonyl (C=O) groups is 3. The molecule has 0 heterocycles. The van der Waals surface area contributed by atoms with E-state index in [-0.39, 0.29) is 65.0 Å². The number of alkyl halides is 3. The number of rotatable bonds is 9. The lowest BCUT2D eigenvalue weighted by Crippen LogP contribution is -2.30. The Kier molecular flexibility index (Phi) is 10.5. The molecule has 44 heavy (non-hydrogen) atoms. The zero-order chi connectivity index (χ0) is 32.0. The molecule has 2 aliphatic carbocycles. The number of carbonyl (C=O) groups excluding carboxylic acids is 3. The van der Waals surface area contributed by atoms with Gasteiger partial charge in [0.25, 0.3) is 11.8 Å². The molecule has 0 saturated heterocycles. The lowest BCUT2D eigenvalue weighted by Gasteiger charge is -2.28. The first kappa shape index (κ1) is 32.7. The van der Waals surface area contributed by atoms with Crippen LogP contribution in [0.15, 0.2) is 41.6 Å². The van der Waals surface area contributed by atoms with Crippen LogP contribution >= 0.6 is 0 Å². The molecule has 8 nitrogen and oxygen atoms in total. The highest BCUT2D eigenvalue weighted by atomic mass is 19.4. The molecule has 238 valence electrons. The second kappa shape index (κ2) is 14.1. The standard InChI is InChI=1S/C31H33F5N2O6/c1-3-43-30(41)17-8-11-19(12-9-17)44-27-15-21(26(42-2)16-24(27)33)29(40)38-25-7-5-4-6-20(25)28(39)37-18-10-13-23(32)22(14-18)31(34,35)36/h10,13-17,19H,3-9,11-12H2,1-2H3,(H,37,39)(H,38,40). The van der Waals surface area contributed by atoms with Gasteiger partial charge in [-0.05, 0) is 82.6 Å². The summed E-state index contributed by atoms with van der Waals surface area (Å²) in [5.74, 6) is -4.44. The Balaban J connectivity index is 1.51. The highest BCUT2D eigenvalue weighted by Gasteiger charge is 2.35. The Bertz CT molecular complexity index is 1430. The molecular formula is C31H33F5N2O6. The number of anilines is 1. The molecule has 1 saturated carbocycles. The van der Waals surface area contributed by atoms with Gasteiger partial charge in [-0.1, -0.05) is 0 Å². The predicted molar refractivity (Wildman–Crippen MR) is 149 cm³/mol. The molecule has 0 bridgehead atoms. The van der Waals surface area contributed by atoms with Crippen molar-refractivity contribution < 1.29 is 50.5 Å². The fourth-order valence-electron chi connectivity index (χ4n) is 5.35. The minimum atomic E-state index is -4.95. The van der Waals surface area contributed by atoms with E-state index in [2.05, 4.69) is 10.6 Å². The number of ether oxygens (including phenoxy) is 3. The quantitative estimate of drug-likeness (QED) is 0.238. The minimum Gasteiger partial charge on any atom is -0.496 e. The number of amides is 2. The number of nitrogens with one attached hydrogen (secondary N) is 2. The van der Waals surface area contributed by atoms with Crippen LogP contribution in [0.4, 0.5) is 27.6 Å². The van der Waals surface area contributed by atoms with Crippen molar-refractivity contribution in [2.45, 2.75) is 70.6 Å². The van der Waals surface area contributed by atoms with E-state index in [1.807, 2.05) is 0 Å². The van der Waals surface area contributed by atoms with Gasteiger partial charge in [0, 0.05) is 23.0 Å². The highest BCUT2D eigenvalue weighted by molar-refractivity contribution is 6.05. The molecule has 2 aromatic rings. The SMILES string of the molecule is CCOC(=O)C1CCC(Oc2cc(C(=O)NC3=C(C(=O)Nc4ccc(F)c(C(F)(F)F)c4)CCCC3)c(OC)cc2F)CC1. The fraction of sp³-hybridized carbons (Fsp3) is 0.452. The van der Waals surface area contributed by atoms with Gasteiger partial charge in [0.15, 0.2) is 11.6 Å². The molecule has 0 aromatic heterocycles. The second-order valence-electron chi connectivity index (χ2n) is 10.6. The number of hydrogen-bond acceptors (Lipinski definition) is 6. The maximum atomic E-state index is 14.9. The van der Waals surface area contributed by atoms with Gasteiger partial charge in [-0.3, -0.25) is 14.4 Å². The van der Waals surface area contributed by atoms with Crippen molar-refractivity contribution >= 4 is 23.5 Å². The smallest absolute Gasteiger partial charge is 0.419 e. The van der Waals surface area contributed by atoms with Crippen LogP contribution in [0, 0.1) is 17.6 Å².